The Hall–Kier alpha value is -1.13. The molecule has 1 aliphatic rings. The second-order valence-electron chi connectivity index (χ2n) is 5.44. The molecule has 1 aromatic rings. The SMILES string of the molecule is CNC1(CO)CCCC(Oc2ccc(C)c(F)c2)C1. The summed E-state index contributed by atoms with van der Waals surface area (Å²) in [4.78, 5) is 0. The summed E-state index contributed by atoms with van der Waals surface area (Å²) in [6, 6.07) is 4.96. The lowest BCUT2D eigenvalue weighted by molar-refractivity contribution is 0.0553. The van der Waals surface area contributed by atoms with E-state index in [0.29, 0.717) is 11.3 Å². The number of aryl methyl sites for hydroxylation is 1. The fourth-order valence-corrected chi connectivity index (χ4v) is 2.70. The zero-order valence-corrected chi connectivity index (χ0v) is 11.6. The molecule has 1 saturated carbocycles. The molecule has 2 N–H and O–H groups in total. The first-order valence-corrected chi connectivity index (χ1v) is 6.81. The summed E-state index contributed by atoms with van der Waals surface area (Å²) in [7, 11) is 1.87. The van der Waals surface area contributed by atoms with E-state index in [4.69, 9.17) is 4.74 Å². The van der Waals surface area contributed by atoms with Crippen LogP contribution < -0.4 is 10.1 Å². The first-order valence-electron chi connectivity index (χ1n) is 6.81. The van der Waals surface area contributed by atoms with Gasteiger partial charge in [-0.1, -0.05) is 6.07 Å². The van der Waals surface area contributed by atoms with Gasteiger partial charge in [-0.15, -0.1) is 0 Å². The second-order valence-corrected chi connectivity index (χ2v) is 5.44. The monoisotopic (exact) mass is 267 g/mol. The summed E-state index contributed by atoms with van der Waals surface area (Å²) in [5.74, 6) is 0.327. The first-order chi connectivity index (χ1) is 9.08. The molecule has 4 heteroatoms. The van der Waals surface area contributed by atoms with Gasteiger partial charge in [0.15, 0.2) is 0 Å². The number of likely N-dealkylation sites (N-methyl/N-ethyl adjacent to an activating group) is 1. The third-order valence-corrected chi connectivity index (χ3v) is 4.08. The Kier molecular flexibility index (Phi) is 4.42. The molecule has 0 aliphatic heterocycles. The highest BCUT2D eigenvalue weighted by molar-refractivity contribution is 5.28. The Labute approximate surface area is 113 Å². The van der Waals surface area contributed by atoms with E-state index in [9.17, 15) is 9.50 Å². The number of hydrogen-bond acceptors (Lipinski definition) is 3. The molecule has 2 atom stereocenters. The fourth-order valence-electron chi connectivity index (χ4n) is 2.70. The smallest absolute Gasteiger partial charge is 0.129 e. The van der Waals surface area contributed by atoms with Crippen LogP contribution in [0.25, 0.3) is 0 Å². The van der Waals surface area contributed by atoms with E-state index in [0.717, 1.165) is 25.7 Å². The minimum Gasteiger partial charge on any atom is -0.490 e. The summed E-state index contributed by atoms with van der Waals surface area (Å²) in [5.41, 5.74) is 0.363. The van der Waals surface area contributed by atoms with Crippen LogP contribution in [-0.4, -0.2) is 30.4 Å². The van der Waals surface area contributed by atoms with Gasteiger partial charge < -0.3 is 15.2 Å². The van der Waals surface area contributed by atoms with Crippen molar-refractivity contribution < 1.29 is 14.2 Å². The van der Waals surface area contributed by atoms with Crippen LogP contribution in [0.15, 0.2) is 18.2 Å². The molecule has 0 heterocycles. The predicted molar refractivity (Wildman–Crippen MR) is 72.9 cm³/mol. The Balaban J connectivity index is 2.04. The van der Waals surface area contributed by atoms with Crippen LogP contribution in [0.1, 0.15) is 31.2 Å². The lowest BCUT2D eigenvalue weighted by Gasteiger charge is -2.39. The quantitative estimate of drug-likeness (QED) is 0.880. The highest BCUT2D eigenvalue weighted by Gasteiger charge is 2.35. The van der Waals surface area contributed by atoms with Crippen LogP contribution in [0, 0.1) is 12.7 Å². The maximum absolute atomic E-state index is 13.5. The largest absolute Gasteiger partial charge is 0.490 e. The summed E-state index contributed by atoms with van der Waals surface area (Å²) in [6.45, 7) is 1.84. The number of rotatable bonds is 4. The Bertz CT molecular complexity index is 432. The number of ether oxygens (including phenoxy) is 1. The average Bonchev–Trinajstić information content (AvgIpc) is 2.43. The normalized spacial score (nSPS) is 27.3. The van der Waals surface area contributed by atoms with Crippen molar-refractivity contribution in [1.29, 1.82) is 0 Å². The van der Waals surface area contributed by atoms with Gasteiger partial charge in [-0.2, -0.15) is 0 Å². The predicted octanol–water partition coefficient (Wildman–Crippen LogP) is 2.41. The number of benzene rings is 1. The molecule has 0 amide bonds. The van der Waals surface area contributed by atoms with Crippen molar-refractivity contribution in [3.05, 3.63) is 29.6 Å². The maximum atomic E-state index is 13.5. The topological polar surface area (TPSA) is 41.5 Å². The van der Waals surface area contributed by atoms with Crippen LogP contribution in [0.4, 0.5) is 4.39 Å². The molecule has 1 aromatic carbocycles. The minimum absolute atomic E-state index is 0.0236. The van der Waals surface area contributed by atoms with Gasteiger partial charge in [0.2, 0.25) is 0 Å². The Morgan fingerprint density at radius 2 is 2.32 bits per heavy atom. The number of hydrogen-bond donors (Lipinski definition) is 2. The Morgan fingerprint density at radius 3 is 2.95 bits per heavy atom. The summed E-state index contributed by atoms with van der Waals surface area (Å²) in [6.07, 6.45) is 3.66. The van der Waals surface area contributed by atoms with Crippen molar-refractivity contribution in [1.82, 2.24) is 5.32 Å². The summed E-state index contributed by atoms with van der Waals surface area (Å²) < 4.78 is 19.3. The third kappa shape index (κ3) is 3.25. The van der Waals surface area contributed by atoms with Gasteiger partial charge in [0.1, 0.15) is 17.7 Å². The van der Waals surface area contributed by atoms with Crippen LogP contribution >= 0.6 is 0 Å². The lowest BCUT2D eigenvalue weighted by Crippen LogP contribution is -2.52. The van der Waals surface area contributed by atoms with Gasteiger partial charge in [0.25, 0.3) is 0 Å². The van der Waals surface area contributed by atoms with Crippen LogP contribution in [-0.2, 0) is 0 Å². The second kappa shape index (κ2) is 5.88. The highest BCUT2D eigenvalue weighted by Crippen LogP contribution is 2.31. The van der Waals surface area contributed by atoms with E-state index in [1.807, 2.05) is 7.05 Å². The van der Waals surface area contributed by atoms with Crippen molar-refractivity contribution in [2.24, 2.45) is 0 Å². The van der Waals surface area contributed by atoms with Crippen molar-refractivity contribution in [2.75, 3.05) is 13.7 Å². The summed E-state index contributed by atoms with van der Waals surface area (Å²) in [5, 5.41) is 12.7. The van der Waals surface area contributed by atoms with Gasteiger partial charge in [0.05, 0.1) is 6.61 Å². The molecule has 2 rings (SSSR count). The van der Waals surface area contributed by atoms with Gasteiger partial charge in [-0.25, -0.2) is 4.39 Å². The van der Waals surface area contributed by atoms with Gasteiger partial charge in [-0.05, 0) is 44.9 Å². The number of halogens is 1. The standard InChI is InChI=1S/C15H22FNO2/c1-11-5-6-12(8-14(11)16)19-13-4-3-7-15(9-13,10-18)17-2/h5-6,8,13,17-18H,3-4,7,9-10H2,1-2H3. The molecule has 0 aromatic heterocycles. The van der Waals surface area contributed by atoms with E-state index in [-0.39, 0.29) is 24.1 Å². The molecule has 0 radical (unpaired) electrons. The number of nitrogens with one attached hydrogen (secondary N) is 1. The van der Waals surface area contributed by atoms with Crippen LogP contribution in [0.5, 0.6) is 5.75 Å². The molecule has 19 heavy (non-hydrogen) atoms. The minimum atomic E-state index is -0.258. The fraction of sp³-hybridized carbons (Fsp3) is 0.600. The molecule has 3 nitrogen and oxygen atoms in total. The lowest BCUT2D eigenvalue weighted by atomic mass is 9.81. The molecular weight excluding hydrogens is 245 g/mol. The number of aliphatic hydroxyl groups excluding tert-OH is 1. The highest BCUT2D eigenvalue weighted by atomic mass is 19.1. The van der Waals surface area contributed by atoms with Crippen molar-refractivity contribution >= 4 is 0 Å². The van der Waals surface area contributed by atoms with E-state index in [1.54, 1.807) is 19.1 Å². The molecule has 2 unspecified atom stereocenters. The third-order valence-electron chi connectivity index (χ3n) is 4.08. The van der Waals surface area contributed by atoms with E-state index >= 15 is 0 Å². The molecular formula is C15H22FNO2. The maximum Gasteiger partial charge on any atom is 0.129 e. The molecule has 0 bridgehead atoms. The van der Waals surface area contributed by atoms with E-state index < -0.39 is 0 Å². The molecule has 1 aliphatic carbocycles. The zero-order chi connectivity index (χ0) is 13.9. The average molecular weight is 267 g/mol. The molecule has 0 saturated heterocycles. The van der Waals surface area contributed by atoms with Gasteiger partial charge >= 0.3 is 0 Å². The Morgan fingerprint density at radius 1 is 1.53 bits per heavy atom. The van der Waals surface area contributed by atoms with Gasteiger partial charge in [-0.3, -0.25) is 0 Å². The van der Waals surface area contributed by atoms with Crippen LogP contribution in [0.3, 0.4) is 0 Å². The first kappa shape index (κ1) is 14.3. The van der Waals surface area contributed by atoms with Gasteiger partial charge in [0, 0.05) is 18.0 Å². The molecule has 1 fully saturated rings. The van der Waals surface area contributed by atoms with E-state index in [1.165, 1.54) is 6.07 Å². The summed E-state index contributed by atoms with van der Waals surface area (Å²) >= 11 is 0. The van der Waals surface area contributed by atoms with Crippen molar-refractivity contribution in [3.8, 4) is 5.75 Å². The number of aliphatic hydroxyl groups is 1. The van der Waals surface area contributed by atoms with Crippen molar-refractivity contribution in [3.63, 3.8) is 0 Å². The van der Waals surface area contributed by atoms with E-state index in [2.05, 4.69) is 5.32 Å². The van der Waals surface area contributed by atoms with Crippen LogP contribution in [0.2, 0.25) is 0 Å². The zero-order valence-electron chi connectivity index (χ0n) is 11.6. The molecule has 106 valence electrons. The molecule has 0 spiro atoms. The van der Waals surface area contributed by atoms with Crippen molar-refractivity contribution in [2.45, 2.75) is 44.2 Å².